The minimum atomic E-state index is -0.0973. The number of carbonyl (C=O) groups is 2. The van der Waals surface area contributed by atoms with E-state index in [4.69, 9.17) is 0 Å². The van der Waals surface area contributed by atoms with Crippen LogP contribution in [-0.2, 0) is 11.2 Å². The molecule has 0 bridgehead atoms. The lowest BCUT2D eigenvalue weighted by molar-refractivity contribution is -0.122. The van der Waals surface area contributed by atoms with Crippen molar-refractivity contribution in [1.82, 2.24) is 0 Å². The molecule has 0 aromatic heterocycles. The van der Waals surface area contributed by atoms with E-state index in [1.54, 1.807) is 0 Å². The fraction of sp³-hybridized carbons (Fsp3) is 0.364. The standard InChI is InChI=1S/C22H24N2O2/c1-15-6-2-5-9-19(15)21(25)23-18-10-11-20-17(14-18)12-13-24(20)22(26)16-7-3-4-8-16/h2,5-6,9-11,14,16H,3-4,7-8,12-13H2,1H3,(H,23,25). The van der Waals surface area contributed by atoms with E-state index >= 15 is 0 Å². The Kier molecular flexibility index (Phi) is 4.49. The van der Waals surface area contributed by atoms with Crippen molar-refractivity contribution < 1.29 is 9.59 Å². The maximum Gasteiger partial charge on any atom is 0.255 e. The second-order valence-corrected chi connectivity index (χ2v) is 7.33. The molecule has 4 nitrogen and oxygen atoms in total. The molecule has 1 N–H and O–H groups in total. The van der Waals surface area contributed by atoms with E-state index in [0.717, 1.165) is 48.3 Å². The number of hydrogen-bond acceptors (Lipinski definition) is 2. The van der Waals surface area contributed by atoms with E-state index in [9.17, 15) is 9.59 Å². The highest BCUT2D eigenvalue weighted by atomic mass is 16.2. The number of amides is 2. The Hall–Kier alpha value is -2.62. The summed E-state index contributed by atoms with van der Waals surface area (Å²) in [5, 5.41) is 2.99. The van der Waals surface area contributed by atoms with Crippen LogP contribution in [0.1, 0.15) is 47.2 Å². The van der Waals surface area contributed by atoms with Crippen molar-refractivity contribution in [2.24, 2.45) is 5.92 Å². The average molecular weight is 348 g/mol. The van der Waals surface area contributed by atoms with Crippen LogP contribution < -0.4 is 10.2 Å². The van der Waals surface area contributed by atoms with Crippen LogP contribution in [0.2, 0.25) is 0 Å². The SMILES string of the molecule is Cc1ccccc1C(=O)Nc1ccc2c(c1)CCN2C(=O)C1CCCC1. The summed E-state index contributed by atoms with van der Waals surface area (Å²) in [7, 11) is 0. The van der Waals surface area contributed by atoms with Gasteiger partial charge in [-0.1, -0.05) is 31.0 Å². The van der Waals surface area contributed by atoms with Gasteiger partial charge in [-0.15, -0.1) is 0 Å². The summed E-state index contributed by atoms with van der Waals surface area (Å²) < 4.78 is 0. The number of anilines is 2. The van der Waals surface area contributed by atoms with Gasteiger partial charge in [0.1, 0.15) is 0 Å². The van der Waals surface area contributed by atoms with Crippen molar-refractivity contribution in [3.8, 4) is 0 Å². The average Bonchev–Trinajstić information content (AvgIpc) is 3.31. The third kappa shape index (κ3) is 3.12. The zero-order valence-corrected chi connectivity index (χ0v) is 15.1. The lowest BCUT2D eigenvalue weighted by Crippen LogP contribution is -2.33. The first-order valence-electron chi connectivity index (χ1n) is 9.45. The quantitative estimate of drug-likeness (QED) is 0.898. The van der Waals surface area contributed by atoms with E-state index in [2.05, 4.69) is 5.32 Å². The summed E-state index contributed by atoms with van der Waals surface area (Å²) in [5.41, 5.74) is 4.58. The van der Waals surface area contributed by atoms with Crippen LogP contribution in [0.15, 0.2) is 42.5 Å². The molecule has 2 aliphatic rings. The van der Waals surface area contributed by atoms with Gasteiger partial charge in [-0.25, -0.2) is 0 Å². The molecule has 1 fully saturated rings. The normalized spacial score (nSPS) is 16.6. The number of carbonyl (C=O) groups excluding carboxylic acids is 2. The molecule has 1 aliphatic heterocycles. The number of aryl methyl sites for hydroxylation is 1. The van der Waals surface area contributed by atoms with Gasteiger partial charge in [-0.05, 0) is 61.6 Å². The van der Waals surface area contributed by atoms with Crippen LogP contribution >= 0.6 is 0 Å². The number of fused-ring (bicyclic) bond motifs is 1. The molecule has 0 saturated heterocycles. The van der Waals surface area contributed by atoms with E-state index in [1.165, 1.54) is 12.8 Å². The molecule has 1 aliphatic carbocycles. The number of benzene rings is 2. The Bertz CT molecular complexity index is 853. The largest absolute Gasteiger partial charge is 0.322 e. The highest BCUT2D eigenvalue weighted by Crippen LogP contribution is 2.35. The third-order valence-corrected chi connectivity index (χ3v) is 5.59. The molecule has 2 aromatic carbocycles. The Morgan fingerprint density at radius 2 is 1.85 bits per heavy atom. The highest BCUT2D eigenvalue weighted by molar-refractivity contribution is 6.05. The van der Waals surface area contributed by atoms with Gasteiger partial charge in [0.05, 0.1) is 0 Å². The molecule has 1 heterocycles. The monoisotopic (exact) mass is 348 g/mol. The highest BCUT2D eigenvalue weighted by Gasteiger charge is 2.31. The molecule has 0 unspecified atom stereocenters. The van der Waals surface area contributed by atoms with Crippen LogP contribution in [-0.4, -0.2) is 18.4 Å². The van der Waals surface area contributed by atoms with Gasteiger partial charge in [0.2, 0.25) is 5.91 Å². The van der Waals surface area contributed by atoms with Crippen LogP contribution in [0.25, 0.3) is 0 Å². The van der Waals surface area contributed by atoms with Gasteiger partial charge in [0, 0.05) is 29.4 Å². The Labute approximate surface area is 154 Å². The topological polar surface area (TPSA) is 49.4 Å². The number of hydrogen-bond donors (Lipinski definition) is 1. The molecule has 4 rings (SSSR count). The van der Waals surface area contributed by atoms with Gasteiger partial charge in [-0.3, -0.25) is 9.59 Å². The van der Waals surface area contributed by atoms with Gasteiger partial charge in [0.15, 0.2) is 0 Å². The molecular weight excluding hydrogens is 324 g/mol. The van der Waals surface area contributed by atoms with Crippen molar-refractivity contribution in [2.45, 2.75) is 39.0 Å². The van der Waals surface area contributed by atoms with Gasteiger partial charge < -0.3 is 10.2 Å². The molecule has 134 valence electrons. The van der Waals surface area contributed by atoms with Crippen LogP contribution in [0.3, 0.4) is 0 Å². The Morgan fingerprint density at radius 1 is 1.08 bits per heavy atom. The zero-order chi connectivity index (χ0) is 18.1. The number of rotatable bonds is 3. The van der Waals surface area contributed by atoms with Crippen molar-refractivity contribution in [3.63, 3.8) is 0 Å². The maximum absolute atomic E-state index is 12.8. The van der Waals surface area contributed by atoms with Crippen LogP contribution in [0, 0.1) is 12.8 Å². The summed E-state index contributed by atoms with van der Waals surface area (Å²) >= 11 is 0. The van der Waals surface area contributed by atoms with Crippen molar-refractivity contribution in [3.05, 3.63) is 59.2 Å². The second kappa shape index (κ2) is 6.94. The summed E-state index contributed by atoms with van der Waals surface area (Å²) in [5.74, 6) is 0.374. The second-order valence-electron chi connectivity index (χ2n) is 7.33. The molecule has 2 aromatic rings. The van der Waals surface area contributed by atoms with Crippen LogP contribution in [0.5, 0.6) is 0 Å². The van der Waals surface area contributed by atoms with Crippen LogP contribution in [0.4, 0.5) is 11.4 Å². The van der Waals surface area contributed by atoms with E-state index in [0.29, 0.717) is 5.56 Å². The summed E-state index contributed by atoms with van der Waals surface area (Å²) in [6.45, 7) is 2.68. The summed E-state index contributed by atoms with van der Waals surface area (Å²) in [4.78, 5) is 27.2. The van der Waals surface area contributed by atoms with Crippen molar-refractivity contribution in [2.75, 3.05) is 16.8 Å². The molecule has 0 spiro atoms. The molecule has 0 radical (unpaired) electrons. The molecule has 0 atom stereocenters. The number of nitrogens with one attached hydrogen (secondary N) is 1. The van der Waals surface area contributed by atoms with E-state index in [1.807, 2.05) is 54.3 Å². The molecular formula is C22H24N2O2. The lowest BCUT2D eigenvalue weighted by Gasteiger charge is -2.21. The minimum Gasteiger partial charge on any atom is -0.322 e. The number of nitrogens with zero attached hydrogens (tertiary/aromatic N) is 1. The minimum absolute atomic E-state index is 0.0973. The molecule has 1 saturated carbocycles. The first-order valence-corrected chi connectivity index (χ1v) is 9.45. The predicted octanol–water partition coefficient (Wildman–Crippen LogP) is 4.33. The fourth-order valence-corrected chi connectivity index (χ4v) is 4.13. The first-order chi connectivity index (χ1) is 12.6. The lowest BCUT2D eigenvalue weighted by atomic mass is 10.1. The van der Waals surface area contributed by atoms with Gasteiger partial charge in [-0.2, -0.15) is 0 Å². The third-order valence-electron chi connectivity index (χ3n) is 5.59. The first kappa shape index (κ1) is 16.8. The van der Waals surface area contributed by atoms with Gasteiger partial charge in [0.25, 0.3) is 5.91 Å². The molecule has 4 heteroatoms. The van der Waals surface area contributed by atoms with Crippen molar-refractivity contribution >= 4 is 23.2 Å². The Morgan fingerprint density at radius 3 is 2.62 bits per heavy atom. The predicted molar refractivity (Wildman–Crippen MR) is 104 cm³/mol. The summed E-state index contributed by atoms with van der Waals surface area (Å²) in [6, 6.07) is 13.4. The van der Waals surface area contributed by atoms with E-state index in [-0.39, 0.29) is 17.7 Å². The van der Waals surface area contributed by atoms with E-state index < -0.39 is 0 Å². The zero-order valence-electron chi connectivity index (χ0n) is 15.1. The van der Waals surface area contributed by atoms with Gasteiger partial charge >= 0.3 is 0 Å². The fourth-order valence-electron chi connectivity index (χ4n) is 4.13. The summed E-state index contributed by atoms with van der Waals surface area (Å²) in [6.07, 6.45) is 5.23. The maximum atomic E-state index is 12.8. The molecule has 2 amide bonds. The van der Waals surface area contributed by atoms with Crippen molar-refractivity contribution in [1.29, 1.82) is 0 Å². The smallest absolute Gasteiger partial charge is 0.255 e. The molecule has 26 heavy (non-hydrogen) atoms. The Balaban J connectivity index is 1.50.